The second kappa shape index (κ2) is 8.39. The fraction of sp³-hybridized carbons (Fsp3) is 0.333. The molecule has 0 radical (unpaired) electrons. The summed E-state index contributed by atoms with van der Waals surface area (Å²) in [5.74, 6) is 1.24. The van der Waals surface area contributed by atoms with E-state index in [9.17, 15) is 4.79 Å². The van der Waals surface area contributed by atoms with Crippen LogP contribution in [0.4, 0.5) is 5.82 Å². The second-order valence-electron chi connectivity index (χ2n) is 6.82. The standard InChI is InChI=1S/C21H24N4OS/c26-21(10-4-8-17-6-2-1-3-7-17)25-13-11-24(12-14-25)20-16-18(22-23-20)19-9-5-15-27-19/h1-3,5-7,9,15-16H,4,8,10-14H2,(H,22,23). The summed E-state index contributed by atoms with van der Waals surface area (Å²) < 4.78 is 0. The summed E-state index contributed by atoms with van der Waals surface area (Å²) in [6.07, 6.45) is 2.50. The summed E-state index contributed by atoms with van der Waals surface area (Å²) in [6.45, 7) is 3.20. The third-order valence-electron chi connectivity index (χ3n) is 5.01. The number of piperazine rings is 1. The lowest BCUT2D eigenvalue weighted by Gasteiger charge is -2.34. The van der Waals surface area contributed by atoms with Crippen LogP contribution in [0, 0.1) is 0 Å². The Morgan fingerprint density at radius 3 is 2.63 bits per heavy atom. The molecule has 3 aromatic rings. The van der Waals surface area contributed by atoms with Gasteiger partial charge in [-0.1, -0.05) is 36.4 Å². The number of anilines is 1. The molecule has 1 fully saturated rings. The number of H-pyrrole nitrogens is 1. The van der Waals surface area contributed by atoms with Gasteiger partial charge in [-0.2, -0.15) is 5.10 Å². The Morgan fingerprint density at radius 2 is 1.89 bits per heavy atom. The summed E-state index contributed by atoms with van der Waals surface area (Å²) in [7, 11) is 0. The van der Waals surface area contributed by atoms with Crippen molar-refractivity contribution >= 4 is 23.1 Å². The number of rotatable bonds is 6. The van der Waals surface area contributed by atoms with Crippen LogP contribution >= 0.6 is 11.3 Å². The number of nitrogens with one attached hydrogen (secondary N) is 1. The Kier molecular flexibility index (Phi) is 5.53. The average molecular weight is 381 g/mol. The fourth-order valence-corrected chi connectivity index (χ4v) is 4.16. The van der Waals surface area contributed by atoms with E-state index in [0.29, 0.717) is 6.42 Å². The van der Waals surface area contributed by atoms with Gasteiger partial charge in [-0.15, -0.1) is 11.3 Å². The molecule has 1 amide bonds. The van der Waals surface area contributed by atoms with E-state index in [1.54, 1.807) is 11.3 Å². The molecule has 0 unspecified atom stereocenters. The fourth-order valence-electron chi connectivity index (χ4n) is 3.46. The van der Waals surface area contributed by atoms with Gasteiger partial charge in [-0.05, 0) is 29.9 Å². The van der Waals surface area contributed by atoms with Crippen molar-refractivity contribution < 1.29 is 4.79 Å². The van der Waals surface area contributed by atoms with E-state index in [1.165, 1.54) is 10.4 Å². The molecular weight excluding hydrogens is 356 g/mol. The first-order chi connectivity index (χ1) is 13.3. The molecule has 0 aliphatic carbocycles. The highest BCUT2D eigenvalue weighted by Crippen LogP contribution is 2.26. The van der Waals surface area contributed by atoms with Crippen LogP contribution in [0.15, 0.2) is 53.9 Å². The van der Waals surface area contributed by atoms with Gasteiger partial charge < -0.3 is 9.80 Å². The summed E-state index contributed by atoms with van der Waals surface area (Å²) in [6, 6.07) is 16.6. The number of hydrogen-bond donors (Lipinski definition) is 1. The van der Waals surface area contributed by atoms with Gasteiger partial charge >= 0.3 is 0 Å². The smallest absolute Gasteiger partial charge is 0.222 e. The van der Waals surface area contributed by atoms with E-state index >= 15 is 0 Å². The molecule has 0 saturated carbocycles. The summed E-state index contributed by atoms with van der Waals surface area (Å²) in [4.78, 5) is 17.9. The quantitative estimate of drug-likeness (QED) is 0.707. The predicted octanol–water partition coefficient (Wildman–Crippen LogP) is 3.81. The minimum Gasteiger partial charge on any atom is -0.352 e. The molecule has 1 aliphatic rings. The Labute approximate surface area is 163 Å². The first-order valence-corrected chi connectivity index (χ1v) is 10.3. The number of aromatic amines is 1. The second-order valence-corrected chi connectivity index (χ2v) is 7.77. The molecular formula is C21H24N4OS. The first kappa shape index (κ1) is 17.8. The molecule has 27 heavy (non-hydrogen) atoms. The maximum Gasteiger partial charge on any atom is 0.222 e. The number of thiophene rings is 1. The maximum absolute atomic E-state index is 12.5. The van der Waals surface area contributed by atoms with E-state index in [4.69, 9.17) is 0 Å². The molecule has 1 aliphatic heterocycles. The van der Waals surface area contributed by atoms with E-state index in [2.05, 4.69) is 56.9 Å². The Balaban J connectivity index is 1.24. The largest absolute Gasteiger partial charge is 0.352 e. The molecule has 2 aromatic heterocycles. The number of hydrogen-bond acceptors (Lipinski definition) is 4. The van der Waals surface area contributed by atoms with Gasteiger partial charge in [0.25, 0.3) is 0 Å². The molecule has 5 nitrogen and oxygen atoms in total. The van der Waals surface area contributed by atoms with E-state index < -0.39 is 0 Å². The zero-order valence-electron chi connectivity index (χ0n) is 15.3. The lowest BCUT2D eigenvalue weighted by atomic mass is 10.1. The Bertz CT molecular complexity index is 851. The van der Waals surface area contributed by atoms with Gasteiger partial charge in [-0.25, -0.2) is 0 Å². The molecule has 0 spiro atoms. The SMILES string of the molecule is O=C(CCCc1ccccc1)N1CCN(c2cc(-c3cccs3)[nH]n2)CC1. The summed E-state index contributed by atoms with van der Waals surface area (Å²) >= 11 is 1.70. The van der Waals surface area contributed by atoms with Gasteiger partial charge in [0, 0.05) is 38.7 Å². The first-order valence-electron chi connectivity index (χ1n) is 9.45. The van der Waals surface area contributed by atoms with Gasteiger partial charge in [0.15, 0.2) is 5.82 Å². The van der Waals surface area contributed by atoms with Crippen molar-refractivity contribution in [3.63, 3.8) is 0 Å². The van der Waals surface area contributed by atoms with Crippen LogP contribution in [0.5, 0.6) is 0 Å². The molecule has 1 saturated heterocycles. The van der Waals surface area contributed by atoms with Crippen molar-refractivity contribution in [1.82, 2.24) is 15.1 Å². The molecule has 3 heterocycles. The number of amides is 1. The van der Waals surface area contributed by atoms with Crippen molar-refractivity contribution in [2.75, 3.05) is 31.1 Å². The van der Waals surface area contributed by atoms with Crippen LogP contribution in [-0.4, -0.2) is 47.2 Å². The Hall–Kier alpha value is -2.60. The number of benzene rings is 1. The van der Waals surface area contributed by atoms with Crippen LogP contribution in [0.3, 0.4) is 0 Å². The normalized spacial score (nSPS) is 14.5. The highest BCUT2D eigenvalue weighted by molar-refractivity contribution is 7.13. The predicted molar refractivity (Wildman–Crippen MR) is 110 cm³/mol. The molecule has 4 rings (SSSR count). The monoisotopic (exact) mass is 380 g/mol. The average Bonchev–Trinajstić information content (AvgIpc) is 3.41. The van der Waals surface area contributed by atoms with Gasteiger partial charge in [-0.3, -0.25) is 9.89 Å². The van der Waals surface area contributed by atoms with Crippen LogP contribution in [0.25, 0.3) is 10.6 Å². The third-order valence-corrected chi connectivity index (χ3v) is 5.91. The molecule has 0 bridgehead atoms. The topological polar surface area (TPSA) is 52.2 Å². The highest BCUT2D eigenvalue weighted by atomic mass is 32.1. The molecule has 1 N–H and O–H groups in total. The van der Waals surface area contributed by atoms with Crippen LogP contribution < -0.4 is 4.90 Å². The zero-order chi connectivity index (χ0) is 18.5. The van der Waals surface area contributed by atoms with Gasteiger partial charge in [0.2, 0.25) is 5.91 Å². The minimum atomic E-state index is 0.270. The lowest BCUT2D eigenvalue weighted by Crippen LogP contribution is -2.48. The number of carbonyl (C=O) groups is 1. The maximum atomic E-state index is 12.5. The van der Waals surface area contributed by atoms with Crippen LogP contribution in [-0.2, 0) is 11.2 Å². The van der Waals surface area contributed by atoms with E-state index in [-0.39, 0.29) is 5.91 Å². The highest BCUT2D eigenvalue weighted by Gasteiger charge is 2.22. The summed E-state index contributed by atoms with van der Waals surface area (Å²) in [5, 5.41) is 9.64. The molecule has 140 valence electrons. The molecule has 6 heteroatoms. The third kappa shape index (κ3) is 4.39. The van der Waals surface area contributed by atoms with Crippen LogP contribution in [0.1, 0.15) is 18.4 Å². The van der Waals surface area contributed by atoms with E-state index in [1.807, 2.05) is 17.0 Å². The Morgan fingerprint density at radius 1 is 1.07 bits per heavy atom. The number of aromatic nitrogens is 2. The lowest BCUT2D eigenvalue weighted by molar-refractivity contribution is -0.131. The van der Waals surface area contributed by atoms with Crippen molar-refractivity contribution in [2.24, 2.45) is 0 Å². The minimum absolute atomic E-state index is 0.270. The van der Waals surface area contributed by atoms with Gasteiger partial charge in [0.1, 0.15) is 0 Å². The van der Waals surface area contributed by atoms with Crippen molar-refractivity contribution in [1.29, 1.82) is 0 Å². The van der Waals surface area contributed by atoms with E-state index in [0.717, 1.165) is 50.5 Å². The molecule has 0 atom stereocenters. The van der Waals surface area contributed by atoms with Crippen molar-refractivity contribution in [3.8, 4) is 10.6 Å². The van der Waals surface area contributed by atoms with Crippen molar-refractivity contribution in [2.45, 2.75) is 19.3 Å². The molecule has 1 aromatic carbocycles. The number of aryl methyl sites for hydroxylation is 1. The zero-order valence-corrected chi connectivity index (χ0v) is 16.1. The number of nitrogens with zero attached hydrogens (tertiary/aromatic N) is 3. The van der Waals surface area contributed by atoms with Crippen molar-refractivity contribution in [3.05, 3.63) is 59.5 Å². The number of carbonyl (C=O) groups excluding carboxylic acids is 1. The van der Waals surface area contributed by atoms with Crippen LogP contribution in [0.2, 0.25) is 0 Å². The van der Waals surface area contributed by atoms with Gasteiger partial charge in [0.05, 0.1) is 10.6 Å². The summed E-state index contributed by atoms with van der Waals surface area (Å²) in [5.41, 5.74) is 2.36.